The van der Waals surface area contributed by atoms with E-state index in [2.05, 4.69) is 20.2 Å². The topological polar surface area (TPSA) is 76.6 Å². The molecule has 2 heterocycles. The van der Waals surface area contributed by atoms with E-state index in [4.69, 9.17) is 9.47 Å². The smallest absolute Gasteiger partial charge is 0.263 e. The third-order valence-corrected chi connectivity index (χ3v) is 5.48. The molecule has 0 atom stereocenters. The van der Waals surface area contributed by atoms with Gasteiger partial charge in [-0.3, -0.25) is 4.79 Å². The maximum Gasteiger partial charge on any atom is 0.263 e. The maximum absolute atomic E-state index is 12.6. The van der Waals surface area contributed by atoms with Crippen LogP contribution < -0.4 is 15.0 Å². The van der Waals surface area contributed by atoms with Crippen molar-refractivity contribution in [2.24, 2.45) is 0 Å². The molecule has 1 saturated carbocycles. The fourth-order valence-corrected chi connectivity index (χ4v) is 3.86. The number of rotatable bonds is 5. The number of aromatic nitrogens is 2. The molecule has 1 saturated heterocycles. The minimum absolute atomic E-state index is 0.0167. The standard InChI is InChI=1S/C22H28N4O3/c27-21(25-18-5-3-1-2-4-6-18)17-7-9-19(10-8-17)29-22-20(23-11-12-24-22)26-13-15-28-16-14-26/h7-12,18H,1-6,13-16H2,(H,25,27). The normalized spacial score (nSPS) is 18.1. The van der Waals surface area contributed by atoms with E-state index in [-0.39, 0.29) is 11.9 Å². The van der Waals surface area contributed by atoms with Crippen LogP contribution in [-0.2, 0) is 4.74 Å². The van der Waals surface area contributed by atoms with Gasteiger partial charge in [0.2, 0.25) is 0 Å². The molecule has 1 aromatic heterocycles. The number of nitrogens with one attached hydrogen (secondary N) is 1. The van der Waals surface area contributed by atoms with Gasteiger partial charge in [-0.25, -0.2) is 9.97 Å². The molecule has 0 bridgehead atoms. The lowest BCUT2D eigenvalue weighted by atomic mass is 10.1. The summed E-state index contributed by atoms with van der Waals surface area (Å²) in [5.41, 5.74) is 0.647. The first-order valence-corrected chi connectivity index (χ1v) is 10.5. The van der Waals surface area contributed by atoms with Crippen LogP contribution in [0.1, 0.15) is 48.9 Å². The van der Waals surface area contributed by atoms with E-state index in [1.165, 1.54) is 25.7 Å². The number of carbonyl (C=O) groups is 1. The van der Waals surface area contributed by atoms with Crippen LogP contribution in [0.2, 0.25) is 0 Å². The summed E-state index contributed by atoms with van der Waals surface area (Å²) in [5, 5.41) is 3.18. The molecule has 7 nitrogen and oxygen atoms in total. The van der Waals surface area contributed by atoms with Gasteiger partial charge in [-0.2, -0.15) is 0 Å². The molecule has 0 radical (unpaired) electrons. The Labute approximate surface area is 171 Å². The van der Waals surface area contributed by atoms with Crippen LogP contribution in [0.15, 0.2) is 36.7 Å². The Morgan fingerprint density at radius 1 is 1.00 bits per heavy atom. The highest BCUT2D eigenvalue weighted by Crippen LogP contribution is 2.28. The monoisotopic (exact) mass is 396 g/mol. The van der Waals surface area contributed by atoms with Crippen LogP contribution in [0.4, 0.5) is 5.82 Å². The molecule has 1 aliphatic heterocycles. The maximum atomic E-state index is 12.6. The molecule has 1 aromatic carbocycles. The van der Waals surface area contributed by atoms with Crippen LogP contribution >= 0.6 is 0 Å². The summed E-state index contributed by atoms with van der Waals surface area (Å²) in [4.78, 5) is 23.5. The number of hydrogen-bond acceptors (Lipinski definition) is 6. The van der Waals surface area contributed by atoms with Crippen molar-refractivity contribution < 1.29 is 14.3 Å². The molecular weight excluding hydrogens is 368 g/mol. The van der Waals surface area contributed by atoms with Crippen molar-refractivity contribution >= 4 is 11.7 Å². The van der Waals surface area contributed by atoms with Gasteiger partial charge >= 0.3 is 0 Å². The Morgan fingerprint density at radius 3 is 2.41 bits per heavy atom. The van der Waals surface area contributed by atoms with Crippen LogP contribution in [0.25, 0.3) is 0 Å². The molecule has 1 aliphatic carbocycles. The van der Waals surface area contributed by atoms with E-state index >= 15 is 0 Å². The molecule has 0 unspecified atom stereocenters. The quantitative estimate of drug-likeness (QED) is 0.779. The van der Waals surface area contributed by atoms with Gasteiger partial charge in [0.05, 0.1) is 13.2 Å². The first kappa shape index (κ1) is 19.6. The average Bonchev–Trinajstić information content (AvgIpc) is 3.04. The lowest BCUT2D eigenvalue weighted by Crippen LogP contribution is -2.37. The van der Waals surface area contributed by atoms with Gasteiger partial charge in [0, 0.05) is 37.1 Å². The van der Waals surface area contributed by atoms with Gasteiger partial charge in [0.1, 0.15) is 5.75 Å². The number of benzene rings is 1. The molecule has 7 heteroatoms. The molecule has 29 heavy (non-hydrogen) atoms. The van der Waals surface area contributed by atoms with Gasteiger partial charge in [-0.1, -0.05) is 25.7 Å². The van der Waals surface area contributed by atoms with Crippen LogP contribution in [0.3, 0.4) is 0 Å². The zero-order valence-corrected chi connectivity index (χ0v) is 16.7. The first-order chi connectivity index (χ1) is 14.3. The highest BCUT2D eigenvalue weighted by molar-refractivity contribution is 5.94. The summed E-state index contributed by atoms with van der Waals surface area (Å²) in [6, 6.07) is 7.49. The number of amides is 1. The highest BCUT2D eigenvalue weighted by atomic mass is 16.5. The van der Waals surface area contributed by atoms with E-state index < -0.39 is 0 Å². The molecule has 2 aromatic rings. The van der Waals surface area contributed by atoms with Gasteiger partial charge in [0.15, 0.2) is 5.82 Å². The zero-order chi connectivity index (χ0) is 19.9. The van der Waals surface area contributed by atoms with E-state index in [9.17, 15) is 4.79 Å². The summed E-state index contributed by atoms with van der Waals surface area (Å²) < 4.78 is 11.4. The van der Waals surface area contributed by atoms with Crippen molar-refractivity contribution in [3.63, 3.8) is 0 Å². The fourth-order valence-electron chi connectivity index (χ4n) is 3.86. The predicted octanol–water partition coefficient (Wildman–Crippen LogP) is 3.56. The minimum atomic E-state index is -0.0167. The second kappa shape index (κ2) is 9.69. The number of morpholine rings is 1. The summed E-state index contributed by atoms with van der Waals surface area (Å²) in [5.74, 6) is 1.79. The summed E-state index contributed by atoms with van der Waals surface area (Å²) in [7, 11) is 0. The number of nitrogens with zero attached hydrogens (tertiary/aromatic N) is 3. The molecule has 2 aliphatic rings. The Bertz CT molecular complexity index is 798. The fraction of sp³-hybridized carbons (Fsp3) is 0.500. The lowest BCUT2D eigenvalue weighted by Gasteiger charge is -2.28. The van der Waals surface area contributed by atoms with Crippen LogP contribution in [-0.4, -0.2) is 48.2 Å². The predicted molar refractivity (Wildman–Crippen MR) is 111 cm³/mol. The Morgan fingerprint density at radius 2 is 1.69 bits per heavy atom. The Balaban J connectivity index is 1.40. The average molecular weight is 396 g/mol. The third kappa shape index (κ3) is 5.23. The summed E-state index contributed by atoms with van der Waals surface area (Å²) >= 11 is 0. The number of carbonyl (C=O) groups excluding carboxylic acids is 1. The second-order valence-corrected chi connectivity index (χ2v) is 7.57. The largest absolute Gasteiger partial charge is 0.436 e. The third-order valence-electron chi connectivity index (χ3n) is 5.48. The van der Waals surface area contributed by atoms with Crippen molar-refractivity contribution in [3.8, 4) is 11.6 Å². The molecule has 1 amide bonds. The Kier molecular flexibility index (Phi) is 6.56. The second-order valence-electron chi connectivity index (χ2n) is 7.57. The van der Waals surface area contributed by atoms with E-state index in [0.717, 1.165) is 25.9 Å². The summed E-state index contributed by atoms with van der Waals surface area (Å²) in [6.07, 6.45) is 10.4. The minimum Gasteiger partial charge on any atom is -0.436 e. The first-order valence-electron chi connectivity index (χ1n) is 10.5. The van der Waals surface area contributed by atoms with Gasteiger partial charge in [-0.15, -0.1) is 0 Å². The van der Waals surface area contributed by atoms with Crippen LogP contribution in [0, 0.1) is 0 Å². The van der Waals surface area contributed by atoms with Crippen LogP contribution in [0.5, 0.6) is 11.6 Å². The molecule has 154 valence electrons. The highest BCUT2D eigenvalue weighted by Gasteiger charge is 2.19. The zero-order valence-electron chi connectivity index (χ0n) is 16.7. The van der Waals surface area contributed by atoms with Crippen molar-refractivity contribution in [2.75, 3.05) is 31.2 Å². The van der Waals surface area contributed by atoms with E-state index in [0.29, 0.717) is 36.2 Å². The molecular formula is C22H28N4O3. The van der Waals surface area contributed by atoms with Gasteiger partial charge in [0.25, 0.3) is 11.8 Å². The lowest BCUT2D eigenvalue weighted by molar-refractivity contribution is 0.0933. The molecule has 2 fully saturated rings. The SMILES string of the molecule is O=C(NC1CCCCCC1)c1ccc(Oc2nccnc2N2CCOCC2)cc1. The van der Waals surface area contributed by atoms with Gasteiger partial charge in [-0.05, 0) is 37.1 Å². The van der Waals surface area contributed by atoms with Crippen molar-refractivity contribution in [1.82, 2.24) is 15.3 Å². The summed E-state index contributed by atoms with van der Waals surface area (Å²) in [6.45, 7) is 2.85. The molecule has 0 spiro atoms. The van der Waals surface area contributed by atoms with Crippen molar-refractivity contribution in [3.05, 3.63) is 42.2 Å². The van der Waals surface area contributed by atoms with Gasteiger partial charge < -0.3 is 19.7 Å². The van der Waals surface area contributed by atoms with E-state index in [1.54, 1.807) is 36.7 Å². The van der Waals surface area contributed by atoms with Crippen molar-refractivity contribution in [1.29, 1.82) is 0 Å². The molecule has 4 rings (SSSR count). The number of hydrogen-bond donors (Lipinski definition) is 1. The number of ether oxygens (including phenoxy) is 2. The Hall–Kier alpha value is -2.67. The number of anilines is 1. The van der Waals surface area contributed by atoms with Crippen molar-refractivity contribution in [2.45, 2.75) is 44.6 Å². The van der Waals surface area contributed by atoms with E-state index in [1.807, 2.05) is 0 Å². The molecule has 1 N–H and O–H groups in total.